The van der Waals surface area contributed by atoms with Gasteiger partial charge >= 0.3 is 0 Å². The van der Waals surface area contributed by atoms with Crippen molar-refractivity contribution in [2.75, 3.05) is 5.73 Å². The molecule has 1 amide bonds. The average Bonchev–Trinajstić information content (AvgIpc) is 2.84. The van der Waals surface area contributed by atoms with Gasteiger partial charge in [0, 0.05) is 0 Å². The van der Waals surface area contributed by atoms with Gasteiger partial charge in [-0.3, -0.25) is 4.79 Å². The Hall–Kier alpha value is -2.52. The molecule has 0 unspecified atom stereocenters. The Morgan fingerprint density at radius 3 is 3.00 bits per heavy atom. The number of anilines is 1. The monoisotopic (exact) mass is 210 g/mol. The first kappa shape index (κ1) is 9.05. The van der Waals surface area contributed by atoms with E-state index < -0.39 is 5.91 Å². The summed E-state index contributed by atoms with van der Waals surface area (Å²) in [5.74, 6) is -0.238. The molecule has 0 aliphatic heterocycles. The molecule has 10 heteroatoms. The fourth-order valence-electron chi connectivity index (χ4n) is 0.853. The fourth-order valence-corrected chi connectivity index (χ4v) is 0.853. The van der Waals surface area contributed by atoms with Crippen LogP contribution >= 0.6 is 0 Å². The summed E-state index contributed by atoms with van der Waals surface area (Å²) in [5, 5.41) is 21.9. The first-order valence-corrected chi connectivity index (χ1v) is 3.86. The molecule has 0 spiro atoms. The Balaban J connectivity index is 1.96. The van der Waals surface area contributed by atoms with Crippen LogP contribution in [0.25, 0.3) is 0 Å². The molecule has 4 N–H and O–H groups in total. The zero-order chi connectivity index (χ0) is 10.7. The van der Waals surface area contributed by atoms with Crippen molar-refractivity contribution < 1.29 is 9.42 Å². The maximum Gasteiger partial charge on any atom is 0.277 e. The summed E-state index contributed by atoms with van der Waals surface area (Å²) in [6, 6.07) is 0. The van der Waals surface area contributed by atoms with E-state index in [0.717, 1.165) is 0 Å². The van der Waals surface area contributed by atoms with Crippen molar-refractivity contribution in [3.63, 3.8) is 0 Å². The standard InChI is InChI=1S/C5H6N8O2/c6-4-3(10-15-11-4)5(14)7-1-2-8-12-13-9-2/h1H2,(H2,6,11)(H,7,14)(H,8,9,12,13). The lowest BCUT2D eigenvalue weighted by atomic mass is 10.4. The molecule has 2 aromatic rings. The summed E-state index contributed by atoms with van der Waals surface area (Å²) in [4.78, 5) is 11.4. The summed E-state index contributed by atoms with van der Waals surface area (Å²) in [5.41, 5.74) is 5.24. The van der Waals surface area contributed by atoms with Crippen LogP contribution in [0.2, 0.25) is 0 Å². The van der Waals surface area contributed by atoms with Crippen LogP contribution in [0, 0.1) is 0 Å². The van der Waals surface area contributed by atoms with E-state index in [2.05, 4.69) is 40.9 Å². The van der Waals surface area contributed by atoms with E-state index in [0.29, 0.717) is 5.82 Å². The molecule has 15 heavy (non-hydrogen) atoms. The topological polar surface area (TPSA) is 148 Å². The van der Waals surface area contributed by atoms with E-state index in [4.69, 9.17) is 5.73 Å². The van der Waals surface area contributed by atoms with Crippen LogP contribution < -0.4 is 11.1 Å². The molecule has 0 radical (unpaired) electrons. The normalized spacial score (nSPS) is 10.1. The molecular weight excluding hydrogens is 204 g/mol. The summed E-state index contributed by atoms with van der Waals surface area (Å²) in [6.45, 7) is 0.113. The van der Waals surface area contributed by atoms with Crippen LogP contribution in [0.1, 0.15) is 16.3 Å². The molecule has 2 rings (SSSR count). The number of H-pyrrole nitrogens is 1. The zero-order valence-electron chi connectivity index (χ0n) is 7.34. The highest BCUT2D eigenvalue weighted by Gasteiger charge is 2.15. The number of amides is 1. The van der Waals surface area contributed by atoms with E-state index in [1.54, 1.807) is 0 Å². The number of hydrogen-bond acceptors (Lipinski definition) is 8. The predicted molar refractivity (Wildman–Crippen MR) is 44.1 cm³/mol. The van der Waals surface area contributed by atoms with Crippen molar-refractivity contribution in [2.24, 2.45) is 0 Å². The second-order valence-electron chi connectivity index (χ2n) is 2.51. The molecule has 0 saturated heterocycles. The van der Waals surface area contributed by atoms with Gasteiger partial charge < -0.3 is 11.1 Å². The molecule has 2 aromatic heterocycles. The van der Waals surface area contributed by atoms with E-state index in [1.807, 2.05) is 0 Å². The van der Waals surface area contributed by atoms with Crippen molar-refractivity contribution in [1.29, 1.82) is 0 Å². The number of rotatable bonds is 3. The van der Waals surface area contributed by atoms with Crippen LogP contribution in [-0.4, -0.2) is 36.8 Å². The number of hydrogen-bond donors (Lipinski definition) is 3. The molecule has 0 aromatic carbocycles. The van der Waals surface area contributed by atoms with Crippen molar-refractivity contribution in [2.45, 2.75) is 6.54 Å². The van der Waals surface area contributed by atoms with Gasteiger partial charge in [0.1, 0.15) is 0 Å². The number of nitrogens with zero attached hydrogens (tertiary/aromatic N) is 5. The first-order valence-electron chi connectivity index (χ1n) is 3.86. The summed E-state index contributed by atoms with van der Waals surface area (Å²) >= 11 is 0. The minimum absolute atomic E-state index is 0.0689. The maximum atomic E-state index is 11.4. The minimum atomic E-state index is -0.515. The largest absolute Gasteiger partial charge is 0.379 e. The molecule has 0 bridgehead atoms. The van der Waals surface area contributed by atoms with Gasteiger partial charge in [0.25, 0.3) is 5.91 Å². The van der Waals surface area contributed by atoms with Crippen LogP contribution in [0.5, 0.6) is 0 Å². The van der Waals surface area contributed by atoms with Crippen LogP contribution in [0.4, 0.5) is 5.82 Å². The average molecular weight is 210 g/mol. The number of nitrogens with two attached hydrogens (primary N) is 1. The van der Waals surface area contributed by atoms with Crippen molar-refractivity contribution in [3.05, 3.63) is 11.5 Å². The summed E-state index contributed by atoms with van der Waals surface area (Å²) in [6.07, 6.45) is 0. The maximum absolute atomic E-state index is 11.4. The van der Waals surface area contributed by atoms with E-state index in [9.17, 15) is 4.79 Å². The van der Waals surface area contributed by atoms with E-state index in [-0.39, 0.29) is 18.1 Å². The Kier molecular flexibility index (Phi) is 2.23. The molecular formula is C5H6N8O2. The molecule has 0 saturated carbocycles. The number of carbonyl (C=O) groups is 1. The SMILES string of the molecule is Nc1nonc1C(=O)NCc1nn[nH]n1. The quantitative estimate of drug-likeness (QED) is 0.531. The fraction of sp³-hybridized carbons (Fsp3) is 0.200. The second-order valence-corrected chi connectivity index (χ2v) is 2.51. The van der Waals surface area contributed by atoms with Gasteiger partial charge in [0.15, 0.2) is 5.82 Å². The number of aromatic amines is 1. The van der Waals surface area contributed by atoms with Gasteiger partial charge in [-0.2, -0.15) is 5.21 Å². The van der Waals surface area contributed by atoms with Gasteiger partial charge in [0.05, 0.1) is 6.54 Å². The second kappa shape index (κ2) is 3.69. The summed E-state index contributed by atoms with van der Waals surface area (Å²) < 4.78 is 4.27. The zero-order valence-corrected chi connectivity index (χ0v) is 7.34. The number of carbonyl (C=O) groups excluding carboxylic acids is 1. The van der Waals surface area contributed by atoms with Gasteiger partial charge in [0.2, 0.25) is 11.5 Å². The third-order valence-corrected chi connectivity index (χ3v) is 1.53. The lowest BCUT2D eigenvalue weighted by Crippen LogP contribution is -2.24. The van der Waals surface area contributed by atoms with Gasteiger partial charge in [-0.1, -0.05) is 5.21 Å². The number of aromatic nitrogens is 6. The van der Waals surface area contributed by atoms with Crippen molar-refractivity contribution in [3.8, 4) is 0 Å². The number of tetrazole rings is 1. The predicted octanol–water partition coefficient (Wildman–Crippen LogP) is -1.91. The molecule has 2 heterocycles. The third-order valence-electron chi connectivity index (χ3n) is 1.53. The molecule has 10 nitrogen and oxygen atoms in total. The lowest BCUT2D eigenvalue weighted by Gasteiger charge is -1.97. The highest BCUT2D eigenvalue weighted by atomic mass is 16.6. The van der Waals surface area contributed by atoms with Gasteiger partial charge in [-0.05, 0) is 10.3 Å². The Morgan fingerprint density at radius 2 is 2.40 bits per heavy atom. The molecule has 0 aliphatic carbocycles. The Morgan fingerprint density at radius 1 is 1.53 bits per heavy atom. The molecule has 0 fully saturated rings. The van der Waals surface area contributed by atoms with Crippen molar-refractivity contribution in [1.82, 2.24) is 36.3 Å². The van der Waals surface area contributed by atoms with Crippen molar-refractivity contribution >= 4 is 11.7 Å². The van der Waals surface area contributed by atoms with Crippen LogP contribution in [0.15, 0.2) is 4.63 Å². The highest BCUT2D eigenvalue weighted by Crippen LogP contribution is 2.03. The van der Waals surface area contributed by atoms with E-state index >= 15 is 0 Å². The Bertz CT molecular complexity index is 447. The van der Waals surface area contributed by atoms with Gasteiger partial charge in [-0.15, -0.1) is 10.2 Å². The lowest BCUT2D eigenvalue weighted by molar-refractivity contribution is 0.0940. The molecule has 78 valence electrons. The molecule has 0 atom stereocenters. The summed E-state index contributed by atoms with van der Waals surface area (Å²) in [7, 11) is 0. The third kappa shape index (κ3) is 1.87. The van der Waals surface area contributed by atoms with E-state index in [1.165, 1.54) is 0 Å². The smallest absolute Gasteiger partial charge is 0.277 e. The first-order chi connectivity index (χ1) is 7.27. The van der Waals surface area contributed by atoms with Crippen LogP contribution in [-0.2, 0) is 6.54 Å². The highest BCUT2D eigenvalue weighted by molar-refractivity contribution is 5.95. The number of nitrogens with one attached hydrogen (secondary N) is 2. The molecule has 0 aliphatic rings. The Labute approximate surface area is 82.2 Å². The number of nitrogen functional groups attached to an aromatic ring is 1. The van der Waals surface area contributed by atoms with Gasteiger partial charge in [-0.25, -0.2) is 4.63 Å². The minimum Gasteiger partial charge on any atom is -0.379 e. The van der Waals surface area contributed by atoms with Crippen LogP contribution in [0.3, 0.4) is 0 Å².